The molecule has 8 aromatic carbocycles. The van der Waals surface area contributed by atoms with E-state index in [-0.39, 0.29) is 0 Å². The average molecular weight is 732 g/mol. The van der Waals surface area contributed by atoms with Gasteiger partial charge in [0.2, 0.25) is 0 Å². The van der Waals surface area contributed by atoms with Crippen LogP contribution in [0.15, 0.2) is 200 Å². The van der Waals surface area contributed by atoms with Gasteiger partial charge in [0, 0.05) is 37.7 Å². The number of fused-ring (bicyclic) bond motifs is 6. The summed E-state index contributed by atoms with van der Waals surface area (Å²) in [6.07, 6.45) is 0. The quantitative estimate of drug-likeness (QED) is 0.170. The van der Waals surface area contributed by atoms with Crippen LogP contribution in [-0.2, 0) is 0 Å². The molecule has 56 heavy (non-hydrogen) atoms. The van der Waals surface area contributed by atoms with Crippen molar-refractivity contribution in [3.05, 3.63) is 200 Å². The molecule has 0 amide bonds. The van der Waals surface area contributed by atoms with Gasteiger partial charge in [-0.05, 0) is 94.0 Å². The molecule has 11 aromatic rings. The lowest BCUT2D eigenvalue weighted by Gasteiger charge is -2.11. The van der Waals surface area contributed by atoms with Crippen LogP contribution in [0.3, 0.4) is 0 Å². The summed E-state index contributed by atoms with van der Waals surface area (Å²) in [4.78, 5) is 10.8. The first-order valence-electron chi connectivity index (χ1n) is 18.9. The summed E-state index contributed by atoms with van der Waals surface area (Å²) in [5.74, 6) is 0.711. The van der Waals surface area contributed by atoms with Gasteiger partial charge in [-0.1, -0.05) is 140 Å². The van der Waals surface area contributed by atoms with Gasteiger partial charge in [0.25, 0.3) is 0 Å². The van der Waals surface area contributed by atoms with Crippen molar-refractivity contribution in [2.75, 3.05) is 0 Å². The van der Waals surface area contributed by atoms with Crippen molar-refractivity contribution < 1.29 is 0 Å². The summed E-state index contributed by atoms with van der Waals surface area (Å²) in [5, 5.41) is 3.64. The van der Waals surface area contributed by atoms with E-state index < -0.39 is 0 Å². The molecule has 3 aromatic heterocycles. The van der Waals surface area contributed by atoms with E-state index in [1.54, 1.807) is 11.3 Å². The fourth-order valence-electron chi connectivity index (χ4n) is 8.09. The molecule has 0 fully saturated rings. The largest absolute Gasteiger partial charge is 0.309 e. The van der Waals surface area contributed by atoms with Crippen LogP contribution in [0, 0.1) is 0 Å². The summed E-state index contributed by atoms with van der Waals surface area (Å²) in [5.41, 5.74) is 14.5. The van der Waals surface area contributed by atoms with Gasteiger partial charge < -0.3 is 4.57 Å². The van der Waals surface area contributed by atoms with E-state index in [4.69, 9.17) is 9.97 Å². The van der Waals surface area contributed by atoms with Crippen LogP contribution in [0.25, 0.3) is 104 Å². The number of nitrogens with zero attached hydrogens (tertiary/aromatic N) is 3. The Morgan fingerprint density at radius 3 is 1.50 bits per heavy atom. The highest BCUT2D eigenvalue weighted by Crippen LogP contribution is 2.42. The second kappa shape index (κ2) is 13.3. The molecule has 0 spiro atoms. The molecule has 262 valence electrons. The molecular weight excluding hydrogens is 699 g/mol. The van der Waals surface area contributed by atoms with E-state index in [0.717, 1.165) is 43.7 Å². The highest BCUT2D eigenvalue weighted by Gasteiger charge is 2.19. The fourth-order valence-corrected chi connectivity index (χ4v) is 9.23. The molecule has 0 bridgehead atoms. The molecule has 0 saturated carbocycles. The molecule has 4 heteroatoms. The van der Waals surface area contributed by atoms with Crippen LogP contribution in [0.1, 0.15) is 0 Å². The molecule has 3 nitrogen and oxygen atoms in total. The van der Waals surface area contributed by atoms with Crippen molar-refractivity contribution >= 4 is 53.4 Å². The molecule has 0 aliphatic rings. The van der Waals surface area contributed by atoms with Gasteiger partial charge in [0.15, 0.2) is 5.82 Å². The molecule has 0 aliphatic heterocycles. The second-order valence-electron chi connectivity index (χ2n) is 14.2. The summed E-state index contributed by atoms with van der Waals surface area (Å²) < 4.78 is 4.63. The first-order valence-corrected chi connectivity index (χ1v) is 19.7. The highest BCUT2D eigenvalue weighted by molar-refractivity contribution is 7.26. The Balaban J connectivity index is 1.08. The molecule has 0 N–H and O–H groups in total. The fraction of sp³-hybridized carbons (Fsp3) is 0. The topological polar surface area (TPSA) is 30.7 Å². The normalized spacial score (nSPS) is 11.6. The van der Waals surface area contributed by atoms with Crippen LogP contribution in [-0.4, -0.2) is 14.5 Å². The Bertz CT molecular complexity index is 3180. The van der Waals surface area contributed by atoms with Crippen molar-refractivity contribution in [3.63, 3.8) is 0 Å². The molecule has 0 unspecified atom stereocenters. The van der Waals surface area contributed by atoms with E-state index in [0.29, 0.717) is 5.82 Å². The van der Waals surface area contributed by atoms with Crippen molar-refractivity contribution in [1.29, 1.82) is 0 Å². The predicted molar refractivity (Wildman–Crippen MR) is 236 cm³/mol. The van der Waals surface area contributed by atoms with Crippen LogP contribution in [0.2, 0.25) is 0 Å². The van der Waals surface area contributed by atoms with E-state index in [1.165, 1.54) is 54.3 Å². The van der Waals surface area contributed by atoms with Crippen molar-refractivity contribution in [3.8, 4) is 61.7 Å². The maximum absolute atomic E-state index is 5.39. The third-order valence-electron chi connectivity index (χ3n) is 10.8. The minimum absolute atomic E-state index is 0.711. The van der Waals surface area contributed by atoms with Gasteiger partial charge >= 0.3 is 0 Å². The zero-order valence-electron chi connectivity index (χ0n) is 30.3. The lowest BCUT2D eigenvalue weighted by Crippen LogP contribution is -1.96. The number of hydrogen-bond donors (Lipinski definition) is 0. The number of aromatic nitrogens is 3. The highest BCUT2D eigenvalue weighted by atomic mass is 32.1. The van der Waals surface area contributed by atoms with Gasteiger partial charge in [0.1, 0.15) is 0 Å². The zero-order valence-corrected chi connectivity index (χ0v) is 31.1. The monoisotopic (exact) mass is 731 g/mol. The number of hydrogen-bond acceptors (Lipinski definition) is 3. The van der Waals surface area contributed by atoms with E-state index in [1.807, 2.05) is 0 Å². The Kier molecular flexibility index (Phi) is 7.68. The third-order valence-corrected chi connectivity index (χ3v) is 12.0. The zero-order chi connectivity index (χ0) is 37.0. The average Bonchev–Trinajstić information content (AvgIpc) is 3.82. The maximum Gasteiger partial charge on any atom is 0.160 e. The standard InChI is InChI=1S/C52H33N3S/c1-3-13-34(14-4-1)37-17-11-19-39(31-37)40-27-30-48-45(33-40)50-51(56-48)49(41-20-12-18-38(32-41)35-15-5-2-6-16-35)53-52(54-50)36-25-28-42(29-26-36)55-46-23-9-7-21-43(46)44-22-8-10-24-47(44)55/h1-33H. The molecular formula is C52H33N3S. The Morgan fingerprint density at radius 2 is 0.857 bits per heavy atom. The van der Waals surface area contributed by atoms with E-state index in [2.05, 4.69) is 205 Å². The summed E-state index contributed by atoms with van der Waals surface area (Å²) in [6.45, 7) is 0. The van der Waals surface area contributed by atoms with Crippen molar-refractivity contribution in [2.45, 2.75) is 0 Å². The number of para-hydroxylation sites is 2. The SMILES string of the molecule is c1ccc(-c2cccc(-c3ccc4sc5c(-c6cccc(-c7ccccc7)c6)nc(-c6ccc(-n7c8ccccc8c8ccccc87)cc6)nc5c4c3)c2)cc1. The first-order chi connectivity index (χ1) is 27.7. The minimum atomic E-state index is 0.711. The summed E-state index contributed by atoms with van der Waals surface area (Å²) in [7, 11) is 0. The minimum Gasteiger partial charge on any atom is -0.309 e. The molecule has 3 heterocycles. The molecule has 11 rings (SSSR count). The number of rotatable bonds is 6. The summed E-state index contributed by atoms with van der Waals surface area (Å²) in [6, 6.07) is 71.4. The van der Waals surface area contributed by atoms with Crippen LogP contribution >= 0.6 is 11.3 Å². The Hall–Kier alpha value is -7.14. The number of thiophene rings is 1. The van der Waals surface area contributed by atoms with Gasteiger partial charge in [-0.15, -0.1) is 11.3 Å². The van der Waals surface area contributed by atoms with E-state index in [9.17, 15) is 0 Å². The van der Waals surface area contributed by atoms with E-state index >= 15 is 0 Å². The lowest BCUT2D eigenvalue weighted by molar-refractivity contribution is 1.17. The predicted octanol–water partition coefficient (Wildman–Crippen LogP) is 14.3. The van der Waals surface area contributed by atoms with Gasteiger partial charge in [-0.25, -0.2) is 9.97 Å². The van der Waals surface area contributed by atoms with Crippen LogP contribution in [0.5, 0.6) is 0 Å². The van der Waals surface area contributed by atoms with Crippen LogP contribution < -0.4 is 0 Å². The van der Waals surface area contributed by atoms with Gasteiger partial charge in [-0.3, -0.25) is 0 Å². The van der Waals surface area contributed by atoms with Gasteiger partial charge in [0.05, 0.1) is 26.9 Å². The second-order valence-corrected chi connectivity index (χ2v) is 15.2. The molecule has 0 atom stereocenters. The Morgan fingerprint density at radius 1 is 0.357 bits per heavy atom. The molecule has 0 aliphatic carbocycles. The van der Waals surface area contributed by atoms with Gasteiger partial charge in [-0.2, -0.15) is 0 Å². The van der Waals surface area contributed by atoms with Crippen LogP contribution in [0.4, 0.5) is 0 Å². The maximum atomic E-state index is 5.39. The molecule has 0 saturated heterocycles. The van der Waals surface area contributed by atoms with Crippen molar-refractivity contribution in [2.24, 2.45) is 0 Å². The third kappa shape index (κ3) is 5.50. The summed E-state index contributed by atoms with van der Waals surface area (Å²) >= 11 is 1.77. The Labute approximate surface area is 328 Å². The smallest absolute Gasteiger partial charge is 0.160 e. The van der Waals surface area contributed by atoms with Crippen molar-refractivity contribution in [1.82, 2.24) is 14.5 Å². The lowest BCUT2D eigenvalue weighted by atomic mass is 9.98. The number of benzene rings is 8. The first kappa shape index (κ1) is 32.3. The molecule has 0 radical (unpaired) electrons.